The van der Waals surface area contributed by atoms with Gasteiger partial charge < -0.3 is 9.84 Å². The van der Waals surface area contributed by atoms with Crippen LogP contribution in [0.2, 0.25) is 0 Å². The molecule has 0 aliphatic heterocycles. The lowest BCUT2D eigenvalue weighted by Gasteiger charge is -2.00. The highest BCUT2D eigenvalue weighted by molar-refractivity contribution is 5.91. The molecule has 0 bridgehead atoms. The van der Waals surface area contributed by atoms with Crippen LogP contribution in [0.5, 0.6) is 5.75 Å². The van der Waals surface area contributed by atoms with E-state index in [-0.39, 0.29) is 0 Å². The van der Waals surface area contributed by atoms with E-state index in [9.17, 15) is 9.59 Å². The normalized spacial score (nSPS) is 8.82. The molecule has 0 saturated heterocycles. The van der Waals surface area contributed by atoms with Crippen molar-refractivity contribution in [2.24, 2.45) is 0 Å². The maximum Gasteiger partial charge on any atom is 0.322 e. The minimum absolute atomic E-state index is 0.355. The Morgan fingerprint density at radius 1 is 1.12 bits per heavy atom. The average Bonchev–Trinajstić information content (AvgIpc) is 2.29. The van der Waals surface area contributed by atoms with Crippen LogP contribution in [0.3, 0.4) is 0 Å². The fraction of sp³-hybridized carbons (Fsp3) is 0.385. The second-order valence-corrected chi connectivity index (χ2v) is 3.36. The summed E-state index contributed by atoms with van der Waals surface area (Å²) in [5.74, 6) is -1.60. The Morgan fingerprint density at radius 2 is 1.65 bits per heavy atom. The Kier molecular flexibility index (Phi) is 8.37. The molecule has 1 aromatic rings. The molecule has 4 nitrogen and oxygen atoms in total. The van der Waals surface area contributed by atoms with Crippen molar-refractivity contribution in [3.05, 3.63) is 30.3 Å². The van der Waals surface area contributed by atoms with Gasteiger partial charge in [0, 0.05) is 0 Å². The molecule has 1 rings (SSSR count). The smallest absolute Gasteiger partial charge is 0.322 e. The van der Waals surface area contributed by atoms with Crippen molar-refractivity contribution in [3.8, 4) is 5.75 Å². The summed E-state index contributed by atoms with van der Waals surface area (Å²) in [5, 5.41) is 8.26. The number of carbonyl (C=O) groups excluding carboxylic acids is 1. The molecular weight excluding hydrogens is 220 g/mol. The van der Waals surface area contributed by atoms with Gasteiger partial charge in [-0.3, -0.25) is 9.59 Å². The quantitative estimate of drug-likeness (QED) is 0.497. The summed E-state index contributed by atoms with van der Waals surface area (Å²) in [6, 6.07) is 8.33. The van der Waals surface area contributed by atoms with Gasteiger partial charge in [-0.25, -0.2) is 0 Å². The zero-order valence-electron chi connectivity index (χ0n) is 10.2. The maximum atomic E-state index is 10.8. The number of esters is 1. The van der Waals surface area contributed by atoms with Crippen LogP contribution in [0.25, 0.3) is 0 Å². The van der Waals surface area contributed by atoms with E-state index in [1.54, 1.807) is 30.3 Å². The fourth-order valence-corrected chi connectivity index (χ4v) is 0.780. The standard InChI is InChI=1S/C9H8O4.C4H10/c10-8(11)6-9(12)13-7-4-2-1-3-5-7;1-3-4-2/h1-5H,6H2,(H,10,11);3-4H2,1-2H3. The third kappa shape index (κ3) is 9.11. The number of ether oxygens (including phenoxy) is 1. The topological polar surface area (TPSA) is 63.6 Å². The highest BCUT2D eigenvalue weighted by atomic mass is 16.5. The zero-order chi connectivity index (χ0) is 13.1. The molecule has 94 valence electrons. The van der Waals surface area contributed by atoms with Crippen LogP contribution in [0, 0.1) is 0 Å². The number of carboxylic acid groups (broad SMARTS) is 1. The predicted octanol–water partition coefficient (Wildman–Crippen LogP) is 2.87. The number of hydrogen-bond acceptors (Lipinski definition) is 3. The number of unbranched alkanes of at least 4 members (excludes halogenated alkanes) is 1. The van der Waals surface area contributed by atoms with Crippen molar-refractivity contribution < 1.29 is 19.4 Å². The van der Waals surface area contributed by atoms with Crippen LogP contribution in [0.1, 0.15) is 33.1 Å². The van der Waals surface area contributed by atoms with Crippen molar-refractivity contribution in [2.45, 2.75) is 33.1 Å². The van der Waals surface area contributed by atoms with Crippen LogP contribution in [0.15, 0.2) is 30.3 Å². The molecule has 0 spiro atoms. The third-order valence-corrected chi connectivity index (χ3v) is 1.77. The van der Waals surface area contributed by atoms with Gasteiger partial charge >= 0.3 is 11.9 Å². The molecule has 0 atom stereocenters. The van der Waals surface area contributed by atoms with Gasteiger partial charge in [-0.1, -0.05) is 44.9 Å². The number of benzene rings is 1. The number of para-hydroxylation sites is 1. The highest BCUT2D eigenvalue weighted by Gasteiger charge is 2.09. The zero-order valence-corrected chi connectivity index (χ0v) is 10.2. The van der Waals surface area contributed by atoms with Crippen LogP contribution in [0.4, 0.5) is 0 Å². The van der Waals surface area contributed by atoms with E-state index < -0.39 is 18.4 Å². The lowest BCUT2D eigenvalue weighted by molar-refractivity contribution is -0.145. The second-order valence-electron chi connectivity index (χ2n) is 3.36. The minimum atomic E-state index is -1.19. The summed E-state index contributed by atoms with van der Waals surface area (Å²) in [7, 11) is 0. The van der Waals surface area contributed by atoms with Crippen molar-refractivity contribution in [3.63, 3.8) is 0 Å². The van der Waals surface area contributed by atoms with Gasteiger partial charge in [-0.15, -0.1) is 0 Å². The predicted molar refractivity (Wildman–Crippen MR) is 64.9 cm³/mol. The Bertz CT molecular complexity index is 331. The first kappa shape index (κ1) is 15.2. The SMILES string of the molecule is CCCC.O=C(O)CC(=O)Oc1ccccc1. The summed E-state index contributed by atoms with van der Waals surface area (Å²) in [5.41, 5.74) is 0. The van der Waals surface area contributed by atoms with E-state index in [1.165, 1.54) is 12.8 Å². The van der Waals surface area contributed by atoms with Crippen LogP contribution in [-0.2, 0) is 9.59 Å². The molecule has 0 fully saturated rings. The summed E-state index contributed by atoms with van der Waals surface area (Å²) >= 11 is 0. The number of rotatable bonds is 4. The monoisotopic (exact) mass is 238 g/mol. The lowest BCUT2D eigenvalue weighted by atomic mass is 10.3. The molecule has 4 heteroatoms. The number of carbonyl (C=O) groups is 2. The summed E-state index contributed by atoms with van der Waals surface area (Å²) in [6.45, 7) is 4.36. The van der Waals surface area contributed by atoms with Crippen molar-refractivity contribution >= 4 is 11.9 Å². The molecule has 0 saturated carbocycles. The first-order chi connectivity index (χ1) is 8.10. The highest BCUT2D eigenvalue weighted by Crippen LogP contribution is 2.08. The van der Waals surface area contributed by atoms with Gasteiger partial charge in [0.25, 0.3) is 0 Å². The number of carboxylic acids is 1. The lowest BCUT2D eigenvalue weighted by Crippen LogP contribution is -2.12. The molecule has 17 heavy (non-hydrogen) atoms. The Hall–Kier alpha value is -1.84. The first-order valence-corrected chi connectivity index (χ1v) is 5.57. The molecule has 0 aliphatic carbocycles. The molecular formula is C13H18O4. The molecule has 0 unspecified atom stereocenters. The van der Waals surface area contributed by atoms with Crippen LogP contribution < -0.4 is 4.74 Å². The Morgan fingerprint density at radius 3 is 2.06 bits per heavy atom. The van der Waals surface area contributed by atoms with Crippen LogP contribution >= 0.6 is 0 Å². The first-order valence-electron chi connectivity index (χ1n) is 5.57. The summed E-state index contributed by atoms with van der Waals surface area (Å²) in [6.07, 6.45) is 2.02. The number of aliphatic carboxylic acids is 1. The molecule has 1 N–H and O–H groups in total. The van der Waals surface area contributed by atoms with Gasteiger partial charge in [0.05, 0.1) is 0 Å². The van der Waals surface area contributed by atoms with Gasteiger partial charge in [0.15, 0.2) is 0 Å². The Labute approximate surface area is 101 Å². The molecule has 0 aliphatic rings. The van der Waals surface area contributed by atoms with E-state index in [0.717, 1.165) is 0 Å². The van der Waals surface area contributed by atoms with E-state index in [1.807, 2.05) is 0 Å². The number of hydrogen-bond donors (Lipinski definition) is 1. The Balaban J connectivity index is 0.000000557. The van der Waals surface area contributed by atoms with Gasteiger partial charge in [-0.2, -0.15) is 0 Å². The summed E-state index contributed by atoms with van der Waals surface area (Å²) < 4.78 is 4.71. The molecule has 0 radical (unpaired) electrons. The van der Waals surface area contributed by atoms with Gasteiger partial charge in [0.1, 0.15) is 12.2 Å². The van der Waals surface area contributed by atoms with E-state index in [4.69, 9.17) is 9.84 Å². The molecule has 0 heterocycles. The van der Waals surface area contributed by atoms with E-state index >= 15 is 0 Å². The molecule has 0 aromatic heterocycles. The third-order valence-electron chi connectivity index (χ3n) is 1.77. The van der Waals surface area contributed by atoms with Gasteiger partial charge in [0.2, 0.25) is 0 Å². The van der Waals surface area contributed by atoms with Crippen molar-refractivity contribution in [1.82, 2.24) is 0 Å². The fourth-order valence-electron chi connectivity index (χ4n) is 0.780. The van der Waals surface area contributed by atoms with E-state index in [2.05, 4.69) is 13.8 Å². The second kappa shape index (κ2) is 9.39. The maximum absolute atomic E-state index is 10.8. The van der Waals surface area contributed by atoms with Crippen molar-refractivity contribution in [2.75, 3.05) is 0 Å². The largest absolute Gasteiger partial charge is 0.481 e. The minimum Gasteiger partial charge on any atom is -0.481 e. The van der Waals surface area contributed by atoms with Crippen molar-refractivity contribution in [1.29, 1.82) is 0 Å². The molecule has 0 amide bonds. The van der Waals surface area contributed by atoms with E-state index in [0.29, 0.717) is 5.75 Å². The van der Waals surface area contributed by atoms with Crippen LogP contribution in [-0.4, -0.2) is 17.0 Å². The summed E-state index contributed by atoms with van der Waals surface area (Å²) in [4.78, 5) is 20.9. The average molecular weight is 238 g/mol. The van der Waals surface area contributed by atoms with Gasteiger partial charge in [-0.05, 0) is 12.1 Å². The molecule has 1 aromatic carbocycles.